The molecule has 1 fully saturated rings. The lowest BCUT2D eigenvalue weighted by atomic mass is 9.92. The summed E-state index contributed by atoms with van der Waals surface area (Å²) in [6, 6.07) is 10.2. The van der Waals surface area contributed by atoms with E-state index in [1.54, 1.807) is 0 Å². The molecule has 0 aliphatic carbocycles. The summed E-state index contributed by atoms with van der Waals surface area (Å²) in [6.07, 6.45) is 6.93. The van der Waals surface area contributed by atoms with E-state index < -0.39 is 0 Å². The number of amides is 1. The molecule has 3 rings (SSSR count). The molecular formula is C20H27N3O. The van der Waals surface area contributed by atoms with Crippen LogP contribution in [-0.2, 0) is 11.3 Å². The number of nitrogens with zero attached hydrogens (tertiary/aromatic N) is 3. The minimum atomic E-state index is -0.00126. The molecule has 1 aromatic carbocycles. The first-order valence-electron chi connectivity index (χ1n) is 9.00. The molecule has 1 aliphatic rings. The van der Waals surface area contributed by atoms with Crippen LogP contribution in [0.4, 0.5) is 0 Å². The van der Waals surface area contributed by atoms with E-state index in [0.29, 0.717) is 11.8 Å². The number of likely N-dealkylation sites (tertiary alicyclic amines) is 1. The van der Waals surface area contributed by atoms with Crippen molar-refractivity contribution in [3.05, 3.63) is 54.1 Å². The first kappa shape index (κ1) is 16.7. The van der Waals surface area contributed by atoms with Crippen molar-refractivity contribution >= 4 is 5.91 Å². The van der Waals surface area contributed by atoms with E-state index >= 15 is 0 Å². The van der Waals surface area contributed by atoms with Gasteiger partial charge in [0, 0.05) is 32.0 Å². The van der Waals surface area contributed by atoms with Gasteiger partial charge >= 0.3 is 0 Å². The number of hydrogen-bond acceptors (Lipinski definition) is 2. The van der Waals surface area contributed by atoms with Crippen LogP contribution < -0.4 is 0 Å². The second-order valence-electron chi connectivity index (χ2n) is 6.77. The molecule has 1 aliphatic heterocycles. The summed E-state index contributed by atoms with van der Waals surface area (Å²) in [5.74, 6) is 2.00. The van der Waals surface area contributed by atoms with Crippen LogP contribution in [0.3, 0.4) is 0 Å². The number of carbonyl (C=O) groups excluding carboxylic acids is 1. The number of aryl methyl sites for hydroxylation is 1. The number of imidazole rings is 1. The van der Waals surface area contributed by atoms with Crippen LogP contribution in [0.25, 0.3) is 0 Å². The summed E-state index contributed by atoms with van der Waals surface area (Å²) < 4.78 is 2.22. The van der Waals surface area contributed by atoms with Gasteiger partial charge in [-0.2, -0.15) is 0 Å². The fourth-order valence-corrected chi connectivity index (χ4v) is 3.67. The van der Waals surface area contributed by atoms with Crippen molar-refractivity contribution in [1.82, 2.24) is 14.5 Å². The Kier molecular flexibility index (Phi) is 5.34. The van der Waals surface area contributed by atoms with Crippen LogP contribution in [0.5, 0.6) is 0 Å². The summed E-state index contributed by atoms with van der Waals surface area (Å²) >= 11 is 0. The minimum absolute atomic E-state index is 0.00126. The van der Waals surface area contributed by atoms with Crippen molar-refractivity contribution in [3.63, 3.8) is 0 Å². The molecule has 24 heavy (non-hydrogen) atoms. The molecule has 1 amide bonds. The average molecular weight is 325 g/mol. The molecule has 2 heterocycles. The summed E-state index contributed by atoms with van der Waals surface area (Å²) in [5, 5.41) is 0. The number of aromatic nitrogens is 2. The smallest absolute Gasteiger partial charge is 0.230 e. The molecule has 1 atom stereocenters. The Balaban J connectivity index is 1.57. The number of hydrogen-bond donors (Lipinski definition) is 0. The zero-order valence-corrected chi connectivity index (χ0v) is 14.7. The molecule has 4 nitrogen and oxygen atoms in total. The van der Waals surface area contributed by atoms with Gasteiger partial charge in [0.05, 0.1) is 5.92 Å². The van der Waals surface area contributed by atoms with E-state index in [1.807, 2.05) is 31.3 Å². The largest absolute Gasteiger partial charge is 0.342 e. The minimum Gasteiger partial charge on any atom is -0.342 e. The lowest BCUT2D eigenvalue weighted by molar-refractivity contribution is -0.134. The first-order valence-corrected chi connectivity index (χ1v) is 9.00. The number of piperidine rings is 1. The van der Waals surface area contributed by atoms with Crippen LogP contribution in [0.2, 0.25) is 0 Å². The fraction of sp³-hybridized carbons (Fsp3) is 0.500. The maximum Gasteiger partial charge on any atom is 0.230 e. The summed E-state index contributed by atoms with van der Waals surface area (Å²) in [7, 11) is 0. The monoisotopic (exact) mass is 325 g/mol. The quantitative estimate of drug-likeness (QED) is 0.842. The second kappa shape index (κ2) is 7.65. The Labute approximate surface area is 144 Å². The van der Waals surface area contributed by atoms with E-state index in [2.05, 4.69) is 39.7 Å². The highest BCUT2D eigenvalue weighted by Crippen LogP contribution is 2.26. The van der Waals surface area contributed by atoms with Gasteiger partial charge in [0.15, 0.2) is 0 Å². The molecule has 2 aromatic rings. The third-order valence-electron chi connectivity index (χ3n) is 5.21. The van der Waals surface area contributed by atoms with Gasteiger partial charge in [-0.1, -0.05) is 37.3 Å². The van der Waals surface area contributed by atoms with Crippen molar-refractivity contribution in [1.29, 1.82) is 0 Å². The molecule has 1 saturated heterocycles. The predicted molar refractivity (Wildman–Crippen MR) is 95.7 cm³/mol. The van der Waals surface area contributed by atoms with Gasteiger partial charge in [-0.25, -0.2) is 4.98 Å². The average Bonchev–Trinajstić information content (AvgIpc) is 3.02. The normalized spacial score (nSPS) is 17.0. The lowest BCUT2D eigenvalue weighted by Crippen LogP contribution is -2.41. The summed E-state index contributed by atoms with van der Waals surface area (Å²) in [5.41, 5.74) is 1.14. The highest BCUT2D eigenvalue weighted by Gasteiger charge is 2.28. The standard InChI is InChI=1S/C20H27N3O/c1-3-19(18-7-5-4-6-8-18)20(24)22-12-9-17(10-13-22)15-23-14-11-21-16(23)2/h4-8,11,14,17,19H,3,9-10,12-13,15H2,1-2H3. The molecule has 1 unspecified atom stereocenters. The molecule has 0 bridgehead atoms. The lowest BCUT2D eigenvalue weighted by Gasteiger charge is -2.34. The molecule has 0 saturated carbocycles. The number of carbonyl (C=O) groups is 1. The Morgan fingerprint density at radius 1 is 1.25 bits per heavy atom. The van der Waals surface area contributed by atoms with Crippen LogP contribution in [0, 0.1) is 12.8 Å². The summed E-state index contributed by atoms with van der Waals surface area (Å²) in [4.78, 5) is 19.3. The number of benzene rings is 1. The van der Waals surface area contributed by atoms with E-state index in [1.165, 1.54) is 0 Å². The van der Waals surface area contributed by atoms with Gasteiger partial charge in [-0.3, -0.25) is 4.79 Å². The third-order valence-corrected chi connectivity index (χ3v) is 5.21. The van der Waals surface area contributed by atoms with Crippen molar-refractivity contribution in [2.24, 2.45) is 5.92 Å². The topological polar surface area (TPSA) is 38.1 Å². The Hall–Kier alpha value is -2.10. The highest BCUT2D eigenvalue weighted by atomic mass is 16.2. The van der Waals surface area contributed by atoms with Crippen molar-refractivity contribution in [3.8, 4) is 0 Å². The summed E-state index contributed by atoms with van der Waals surface area (Å²) in [6.45, 7) is 6.92. The van der Waals surface area contributed by atoms with Gasteiger partial charge in [0.2, 0.25) is 5.91 Å². The SMILES string of the molecule is CCC(C(=O)N1CCC(Cn2ccnc2C)CC1)c1ccccc1. The zero-order chi connectivity index (χ0) is 16.9. The first-order chi connectivity index (χ1) is 11.7. The van der Waals surface area contributed by atoms with Gasteiger partial charge < -0.3 is 9.47 Å². The van der Waals surface area contributed by atoms with Gasteiger partial charge in [0.1, 0.15) is 5.82 Å². The Morgan fingerprint density at radius 2 is 1.96 bits per heavy atom. The molecule has 0 N–H and O–H groups in total. The van der Waals surface area contributed by atoms with E-state index in [9.17, 15) is 4.79 Å². The molecule has 128 valence electrons. The van der Waals surface area contributed by atoms with E-state index in [0.717, 1.165) is 50.3 Å². The maximum absolute atomic E-state index is 12.9. The van der Waals surface area contributed by atoms with E-state index in [-0.39, 0.29) is 5.92 Å². The van der Waals surface area contributed by atoms with Gasteiger partial charge in [-0.15, -0.1) is 0 Å². The fourth-order valence-electron chi connectivity index (χ4n) is 3.67. The Morgan fingerprint density at radius 3 is 2.54 bits per heavy atom. The molecule has 0 radical (unpaired) electrons. The van der Waals surface area contributed by atoms with Crippen LogP contribution in [0.1, 0.15) is 43.5 Å². The van der Waals surface area contributed by atoms with E-state index in [4.69, 9.17) is 0 Å². The molecular weight excluding hydrogens is 298 g/mol. The van der Waals surface area contributed by atoms with Crippen molar-refractivity contribution in [2.75, 3.05) is 13.1 Å². The Bertz CT molecular complexity index is 657. The molecule has 1 aromatic heterocycles. The molecule has 0 spiro atoms. The van der Waals surface area contributed by atoms with Crippen LogP contribution in [0.15, 0.2) is 42.7 Å². The zero-order valence-electron chi connectivity index (χ0n) is 14.7. The van der Waals surface area contributed by atoms with Gasteiger partial charge in [-0.05, 0) is 37.7 Å². The predicted octanol–water partition coefficient (Wildman–Crippen LogP) is 3.62. The highest BCUT2D eigenvalue weighted by molar-refractivity contribution is 5.83. The van der Waals surface area contributed by atoms with Crippen LogP contribution in [-0.4, -0.2) is 33.4 Å². The number of rotatable bonds is 5. The second-order valence-corrected chi connectivity index (χ2v) is 6.77. The van der Waals surface area contributed by atoms with Crippen LogP contribution >= 0.6 is 0 Å². The van der Waals surface area contributed by atoms with Crippen molar-refractivity contribution in [2.45, 2.75) is 45.6 Å². The van der Waals surface area contributed by atoms with Gasteiger partial charge in [0.25, 0.3) is 0 Å². The molecule has 4 heteroatoms. The van der Waals surface area contributed by atoms with Crippen molar-refractivity contribution < 1.29 is 4.79 Å². The third kappa shape index (κ3) is 3.69. The maximum atomic E-state index is 12.9.